The molecule has 0 amide bonds. The topological polar surface area (TPSA) is 66.0 Å². The maximum absolute atomic E-state index is 13.9. The standard InChI is InChI=1S/C20H23FN6/c1-27(2)12-11-23-20-25-18(15-7-9-22-10-8-15)13-19(26-20)24-14-16-5-3-4-6-17(16)21/h3-10,13H,11-12,14H2,1-2H3,(H2,23,24,25,26). The summed E-state index contributed by atoms with van der Waals surface area (Å²) in [6.45, 7) is 1.93. The lowest BCUT2D eigenvalue weighted by Crippen LogP contribution is -2.21. The van der Waals surface area contributed by atoms with Crippen molar-refractivity contribution >= 4 is 11.8 Å². The fourth-order valence-corrected chi connectivity index (χ4v) is 2.51. The third-order valence-electron chi connectivity index (χ3n) is 3.96. The molecule has 0 aliphatic carbocycles. The fourth-order valence-electron chi connectivity index (χ4n) is 2.51. The largest absolute Gasteiger partial charge is 0.366 e. The summed E-state index contributed by atoms with van der Waals surface area (Å²) < 4.78 is 13.9. The summed E-state index contributed by atoms with van der Waals surface area (Å²) in [5.41, 5.74) is 2.30. The molecule has 0 aliphatic rings. The second-order valence-electron chi connectivity index (χ2n) is 6.37. The van der Waals surface area contributed by atoms with Crippen LogP contribution >= 0.6 is 0 Å². The average molecular weight is 366 g/mol. The number of benzene rings is 1. The second kappa shape index (κ2) is 9.05. The number of nitrogens with one attached hydrogen (secondary N) is 2. The number of rotatable bonds is 8. The van der Waals surface area contributed by atoms with Gasteiger partial charge in [-0.1, -0.05) is 18.2 Å². The molecule has 0 aliphatic heterocycles. The highest BCUT2D eigenvalue weighted by atomic mass is 19.1. The molecule has 3 aromatic rings. The maximum Gasteiger partial charge on any atom is 0.225 e. The molecule has 2 heterocycles. The van der Waals surface area contributed by atoms with Gasteiger partial charge in [0, 0.05) is 49.2 Å². The molecule has 0 fully saturated rings. The molecule has 0 saturated heterocycles. The summed E-state index contributed by atoms with van der Waals surface area (Å²) in [5.74, 6) is 0.923. The molecule has 0 atom stereocenters. The molecular formula is C20H23FN6. The third-order valence-corrected chi connectivity index (χ3v) is 3.96. The monoisotopic (exact) mass is 366 g/mol. The highest BCUT2D eigenvalue weighted by molar-refractivity contribution is 5.63. The van der Waals surface area contributed by atoms with E-state index in [2.05, 4.69) is 30.5 Å². The molecule has 6 nitrogen and oxygen atoms in total. The lowest BCUT2D eigenvalue weighted by molar-refractivity contribution is 0.425. The molecule has 140 valence electrons. The van der Waals surface area contributed by atoms with Gasteiger partial charge >= 0.3 is 0 Å². The van der Waals surface area contributed by atoms with Gasteiger partial charge in [-0.25, -0.2) is 9.37 Å². The van der Waals surface area contributed by atoms with Crippen LogP contribution in [0.2, 0.25) is 0 Å². The number of aromatic nitrogens is 3. The van der Waals surface area contributed by atoms with Gasteiger partial charge in [0.1, 0.15) is 11.6 Å². The molecule has 1 aromatic carbocycles. The summed E-state index contributed by atoms with van der Waals surface area (Å²) in [5, 5.41) is 6.44. The van der Waals surface area contributed by atoms with Crippen molar-refractivity contribution in [1.82, 2.24) is 19.9 Å². The van der Waals surface area contributed by atoms with Crippen molar-refractivity contribution in [3.05, 3.63) is 66.2 Å². The van der Waals surface area contributed by atoms with Gasteiger partial charge in [0.2, 0.25) is 5.95 Å². The van der Waals surface area contributed by atoms with Gasteiger partial charge < -0.3 is 15.5 Å². The second-order valence-corrected chi connectivity index (χ2v) is 6.37. The Morgan fingerprint density at radius 1 is 1.00 bits per heavy atom. The van der Waals surface area contributed by atoms with E-state index in [0.29, 0.717) is 23.9 Å². The first-order valence-corrected chi connectivity index (χ1v) is 8.77. The molecular weight excluding hydrogens is 343 g/mol. The van der Waals surface area contributed by atoms with E-state index in [1.807, 2.05) is 38.4 Å². The van der Waals surface area contributed by atoms with Crippen molar-refractivity contribution in [1.29, 1.82) is 0 Å². The van der Waals surface area contributed by atoms with E-state index >= 15 is 0 Å². The minimum Gasteiger partial charge on any atom is -0.366 e. The van der Waals surface area contributed by atoms with Crippen LogP contribution in [0.3, 0.4) is 0 Å². The van der Waals surface area contributed by atoms with E-state index in [9.17, 15) is 4.39 Å². The number of hydrogen-bond acceptors (Lipinski definition) is 6. The van der Waals surface area contributed by atoms with E-state index in [1.165, 1.54) is 6.07 Å². The quantitative estimate of drug-likeness (QED) is 0.638. The molecule has 2 aromatic heterocycles. The number of pyridine rings is 1. The zero-order chi connectivity index (χ0) is 19.1. The summed E-state index contributed by atoms with van der Waals surface area (Å²) in [7, 11) is 4.02. The lowest BCUT2D eigenvalue weighted by atomic mass is 10.2. The van der Waals surface area contributed by atoms with Crippen LogP contribution in [0.1, 0.15) is 5.56 Å². The lowest BCUT2D eigenvalue weighted by Gasteiger charge is -2.13. The van der Waals surface area contributed by atoms with E-state index in [4.69, 9.17) is 0 Å². The first kappa shape index (κ1) is 18.7. The van der Waals surface area contributed by atoms with Crippen LogP contribution < -0.4 is 10.6 Å². The van der Waals surface area contributed by atoms with Crippen LogP contribution in [0.4, 0.5) is 16.2 Å². The Morgan fingerprint density at radius 3 is 2.52 bits per heavy atom. The van der Waals surface area contributed by atoms with Crippen LogP contribution in [0, 0.1) is 5.82 Å². The molecule has 3 rings (SSSR count). The minimum atomic E-state index is -0.238. The van der Waals surface area contributed by atoms with Crippen LogP contribution in [0.15, 0.2) is 54.9 Å². The normalized spacial score (nSPS) is 10.8. The van der Waals surface area contributed by atoms with Gasteiger partial charge in [0.25, 0.3) is 0 Å². The van der Waals surface area contributed by atoms with Crippen molar-refractivity contribution < 1.29 is 4.39 Å². The summed E-state index contributed by atoms with van der Waals surface area (Å²) in [4.78, 5) is 15.2. The molecule has 0 spiro atoms. The van der Waals surface area contributed by atoms with E-state index in [0.717, 1.165) is 24.3 Å². The maximum atomic E-state index is 13.9. The van der Waals surface area contributed by atoms with E-state index in [1.54, 1.807) is 24.5 Å². The van der Waals surface area contributed by atoms with Gasteiger partial charge in [-0.2, -0.15) is 4.98 Å². The SMILES string of the molecule is CN(C)CCNc1nc(NCc2ccccc2F)cc(-c2ccncc2)n1. The van der Waals surface area contributed by atoms with E-state index < -0.39 is 0 Å². The van der Waals surface area contributed by atoms with Gasteiger partial charge in [0.15, 0.2) is 0 Å². The Bertz CT molecular complexity index is 869. The third kappa shape index (κ3) is 5.46. The average Bonchev–Trinajstić information content (AvgIpc) is 2.68. The first-order chi connectivity index (χ1) is 13.1. The predicted octanol–water partition coefficient (Wildman–Crippen LogP) is 3.26. The Morgan fingerprint density at radius 2 is 1.78 bits per heavy atom. The Labute approximate surface area is 158 Å². The minimum absolute atomic E-state index is 0.238. The summed E-state index contributed by atoms with van der Waals surface area (Å²) in [6, 6.07) is 12.3. The van der Waals surface area contributed by atoms with Crippen molar-refractivity contribution in [2.24, 2.45) is 0 Å². The number of hydrogen-bond donors (Lipinski definition) is 2. The van der Waals surface area contributed by atoms with Crippen molar-refractivity contribution in [3.63, 3.8) is 0 Å². The van der Waals surface area contributed by atoms with Crippen molar-refractivity contribution in [2.75, 3.05) is 37.8 Å². The number of nitrogens with zero attached hydrogens (tertiary/aromatic N) is 4. The first-order valence-electron chi connectivity index (χ1n) is 8.77. The van der Waals surface area contributed by atoms with Crippen LogP contribution in [-0.4, -0.2) is 47.0 Å². The summed E-state index contributed by atoms with van der Waals surface area (Å²) >= 11 is 0. The molecule has 7 heteroatoms. The zero-order valence-electron chi connectivity index (χ0n) is 15.5. The van der Waals surface area contributed by atoms with E-state index in [-0.39, 0.29) is 5.82 Å². The summed E-state index contributed by atoms with van der Waals surface area (Å²) in [6.07, 6.45) is 3.45. The Hall–Kier alpha value is -3.06. The Balaban J connectivity index is 1.81. The van der Waals surface area contributed by atoms with Gasteiger partial charge in [0.05, 0.1) is 5.69 Å². The molecule has 0 unspecified atom stereocenters. The number of anilines is 2. The van der Waals surface area contributed by atoms with Crippen LogP contribution in [0.5, 0.6) is 0 Å². The highest BCUT2D eigenvalue weighted by Gasteiger charge is 2.08. The highest BCUT2D eigenvalue weighted by Crippen LogP contribution is 2.21. The van der Waals surface area contributed by atoms with Gasteiger partial charge in [-0.15, -0.1) is 0 Å². The Kier molecular flexibility index (Phi) is 6.27. The number of likely N-dealkylation sites (N-methyl/N-ethyl adjacent to an activating group) is 1. The molecule has 0 bridgehead atoms. The van der Waals surface area contributed by atoms with Gasteiger partial charge in [-0.05, 0) is 32.3 Å². The predicted molar refractivity (Wildman–Crippen MR) is 106 cm³/mol. The molecule has 2 N–H and O–H groups in total. The van der Waals surface area contributed by atoms with Crippen LogP contribution in [-0.2, 0) is 6.54 Å². The van der Waals surface area contributed by atoms with Crippen molar-refractivity contribution in [3.8, 4) is 11.3 Å². The molecule has 27 heavy (non-hydrogen) atoms. The zero-order valence-corrected chi connectivity index (χ0v) is 15.5. The van der Waals surface area contributed by atoms with Gasteiger partial charge in [-0.3, -0.25) is 4.98 Å². The fraction of sp³-hybridized carbons (Fsp3) is 0.250. The van der Waals surface area contributed by atoms with Crippen LogP contribution in [0.25, 0.3) is 11.3 Å². The number of halogens is 1. The van der Waals surface area contributed by atoms with Crippen molar-refractivity contribution in [2.45, 2.75) is 6.54 Å². The smallest absolute Gasteiger partial charge is 0.225 e. The molecule has 0 radical (unpaired) electrons. The molecule has 0 saturated carbocycles.